The molecule has 2 bridgehead atoms. The number of alkyl halides is 2. The molecular formula is C12H10Cl4O2. The monoisotopic (exact) mass is 326 g/mol. The summed E-state index contributed by atoms with van der Waals surface area (Å²) in [5.74, 6) is -1.05. The van der Waals surface area contributed by atoms with Crippen LogP contribution in [0.1, 0.15) is 6.42 Å². The number of allylic oxidation sites excluding steroid dienone is 2. The maximum atomic E-state index is 6.85. The Hall–Kier alpha value is 0.560. The molecule has 1 spiro atoms. The highest BCUT2D eigenvalue weighted by atomic mass is 35.5. The van der Waals surface area contributed by atoms with E-state index in [1.54, 1.807) is 0 Å². The van der Waals surface area contributed by atoms with Crippen molar-refractivity contribution < 1.29 is 9.47 Å². The van der Waals surface area contributed by atoms with Crippen molar-refractivity contribution >= 4 is 46.4 Å². The summed E-state index contributed by atoms with van der Waals surface area (Å²) in [6.45, 7) is 0.918. The molecule has 0 aromatic carbocycles. The topological polar surface area (TPSA) is 18.5 Å². The zero-order valence-corrected chi connectivity index (χ0v) is 12.3. The molecule has 18 heavy (non-hydrogen) atoms. The minimum Gasteiger partial charge on any atom is -0.344 e. The van der Waals surface area contributed by atoms with Gasteiger partial charge in [0.1, 0.15) is 9.75 Å². The number of hydrogen-bond acceptors (Lipinski definition) is 2. The zero-order chi connectivity index (χ0) is 12.8. The highest BCUT2D eigenvalue weighted by Crippen LogP contribution is 2.76. The van der Waals surface area contributed by atoms with Crippen LogP contribution in [0.5, 0.6) is 0 Å². The maximum Gasteiger partial charge on any atom is 0.218 e. The van der Waals surface area contributed by atoms with E-state index in [4.69, 9.17) is 55.9 Å². The fourth-order valence-electron chi connectivity index (χ4n) is 3.95. The Labute approximate surface area is 125 Å². The van der Waals surface area contributed by atoms with Crippen molar-refractivity contribution in [2.24, 2.45) is 11.8 Å². The average Bonchev–Trinajstić information content (AvgIpc) is 3.06. The molecular weight excluding hydrogens is 318 g/mol. The second kappa shape index (κ2) is 3.41. The van der Waals surface area contributed by atoms with Crippen LogP contribution in [0.15, 0.2) is 22.2 Å². The Morgan fingerprint density at radius 2 is 1.67 bits per heavy atom. The predicted octanol–water partition coefficient (Wildman–Crippen LogP) is 3.59. The Morgan fingerprint density at radius 3 is 2.33 bits per heavy atom. The first-order valence-electron chi connectivity index (χ1n) is 5.89. The van der Waals surface area contributed by atoms with E-state index in [1.807, 2.05) is 0 Å². The smallest absolute Gasteiger partial charge is 0.218 e. The summed E-state index contributed by atoms with van der Waals surface area (Å²) in [6, 6.07) is 0. The van der Waals surface area contributed by atoms with Gasteiger partial charge in [0.05, 0.1) is 23.3 Å². The molecule has 6 heteroatoms. The average molecular weight is 328 g/mol. The summed E-state index contributed by atoms with van der Waals surface area (Å²) < 4.78 is 11.7. The van der Waals surface area contributed by atoms with Gasteiger partial charge in [0, 0.05) is 11.8 Å². The highest BCUT2D eigenvalue weighted by molar-refractivity contribution is 6.52. The van der Waals surface area contributed by atoms with Crippen molar-refractivity contribution in [3.05, 3.63) is 22.2 Å². The quantitative estimate of drug-likeness (QED) is 0.500. The summed E-state index contributed by atoms with van der Waals surface area (Å²) in [5.41, 5.74) is 0. The molecule has 1 saturated carbocycles. The summed E-state index contributed by atoms with van der Waals surface area (Å²) in [6.07, 6.45) is 4.95. The number of fused-ring (bicyclic) bond motifs is 3. The molecule has 3 aliphatic carbocycles. The fourth-order valence-corrected chi connectivity index (χ4v) is 6.06. The molecule has 4 rings (SSSR count). The van der Waals surface area contributed by atoms with E-state index >= 15 is 0 Å². The lowest BCUT2D eigenvalue weighted by Crippen LogP contribution is -2.55. The molecule has 0 N–H and O–H groups in total. The van der Waals surface area contributed by atoms with E-state index in [-0.39, 0.29) is 11.8 Å². The van der Waals surface area contributed by atoms with E-state index < -0.39 is 15.5 Å². The van der Waals surface area contributed by atoms with Gasteiger partial charge in [0.15, 0.2) is 0 Å². The third kappa shape index (κ3) is 0.933. The summed E-state index contributed by atoms with van der Waals surface area (Å²) in [4.78, 5) is -1.97. The second-order valence-electron chi connectivity index (χ2n) is 5.16. The number of ether oxygens (including phenoxy) is 2. The predicted molar refractivity (Wildman–Crippen MR) is 71.3 cm³/mol. The largest absolute Gasteiger partial charge is 0.344 e. The molecule has 98 valence electrons. The van der Waals surface area contributed by atoms with Crippen molar-refractivity contribution in [3.8, 4) is 0 Å². The van der Waals surface area contributed by atoms with E-state index in [0.29, 0.717) is 23.3 Å². The minimum absolute atomic E-state index is 0.00441. The van der Waals surface area contributed by atoms with Gasteiger partial charge >= 0.3 is 0 Å². The van der Waals surface area contributed by atoms with Crippen LogP contribution in [0.3, 0.4) is 0 Å². The highest BCUT2D eigenvalue weighted by Gasteiger charge is 2.85. The van der Waals surface area contributed by atoms with E-state index in [0.717, 1.165) is 6.42 Å². The van der Waals surface area contributed by atoms with Crippen LogP contribution < -0.4 is 0 Å². The van der Waals surface area contributed by atoms with Gasteiger partial charge in [-0.3, -0.25) is 0 Å². The summed E-state index contributed by atoms with van der Waals surface area (Å²) in [5, 5.41) is 0.753. The van der Waals surface area contributed by atoms with Gasteiger partial charge in [0.2, 0.25) is 5.79 Å². The molecule has 2 nitrogen and oxygen atoms in total. The van der Waals surface area contributed by atoms with Gasteiger partial charge in [-0.1, -0.05) is 35.4 Å². The molecule has 0 aromatic heterocycles. The summed E-state index contributed by atoms with van der Waals surface area (Å²) >= 11 is 26.4. The molecule has 1 aliphatic heterocycles. The van der Waals surface area contributed by atoms with Crippen molar-refractivity contribution in [1.29, 1.82) is 0 Å². The molecule has 2 fully saturated rings. The second-order valence-corrected chi connectivity index (χ2v) is 7.11. The first kappa shape index (κ1) is 12.3. The number of rotatable bonds is 0. The molecule has 0 aromatic rings. The van der Waals surface area contributed by atoms with Crippen LogP contribution >= 0.6 is 46.4 Å². The van der Waals surface area contributed by atoms with E-state index in [9.17, 15) is 0 Å². The third-order valence-corrected chi connectivity index (χ3v) is 7.29. The van der Waals surface area contributed by atoms with Crippen LogP contribution in [-0.2, 0) is 9.47 Å². The van der Waals surface area contributed by atoms with Crippen LogP contribution in [0.2, 0.25) is 0 Å². The molecule has 0 amide bonds. The fraction of sp³-hybridized carbons (Fsp3) is 0.667. The first-order chi connectivity index (χ1) is 8.50. The minimum atomic E-state index is -1.13. The van der Waals surface area contributed by atoms with E-state index in [1.165, 1.54) is 0 Å². The number of halogens is 4. The molecule has 0 unspecified atom stereocenters. The van der Waals surface area contributed by atoms with Crippen molar-refractivity contribution in [2.75, 3.05) is 13.2 Å². The van der Waals surface area contributed by atoms with Gasteiger partial charge in [-0.05, 0) is 6.42 Å². The lowest BCUT2D eigenvalue weighted by Gasteiger charge is -2.39. The molecule has 4 aliphatic rings. The van der Waals surface area contributed by atoms with E-state index in [2.05, 4.69) is 12.2 Å². The Kier molecular flexibility index (Phi) is 2.33. The maximum absolute atomic E-state index is 6.85. The lowest BCUT2D eigenvalue weighted by atomic mass is 9.84. The standard InChI is InChI=1S/C12H10Cl4O2/c13-8-9(14)11(16)7-3-1-2-6(7)10(8,15)12(11)17-4-5-18-12/h1-2,6-7H,3-5H2/t6-,7+,10+,11+/m1/s1. The third-order valence-electron chi connectivity index (χ3n) is 4.62. The van der Waals surface area contributed by atoms with Crippen molar-refractivity contribution in [1.82, 2.24) is 0 Å². The Balaban J connectivity index is 2.02. The van der Waals surface area contributed by atoms with Crippen LogP contribution in [0.25, 0.3) is 0 Å². The SMILES string of the molecule is ClC1=C(Cl)[C@@]2(Cl)[C@H]3CC=C[C@H]3[C@@]1(Cl)C21OCCO1. The normalized spacial score (nSPS) is 51.8. The summed E-state index contributed by atoms with van der Waals surface area (Å²) in [7, 11) is 0. The van der Waals surface area contributed by atoms with Crippen LogP contribution in [0.4, 0.5) is 0 Å². The van der Waals surface area contributed by atoms with Gasteiger partial charge in [-0.25, -0.2) is 0 Å². The lowest BCUT2D eigenvalue weighted by molar-refractivity contribution is -0.172. The zero-order valence-electron chi connectivity index (χ0n) is 9.26. The number of hydrogen-bond donors (Lipinski definition) is 0. The van der Waals surface area contributed by atoms with Crippen LogP contribution in [-0.4, -0.2) is 28.7 Å². The molecule has 1 saturated heterocycles. The van der Waals surface area contributed by atoms with Crippen molar-refractivity contribution in [2.45, 2.75) is 22.0 Å². The Morgan fingerprint density at radius 1 is 1.06 bits per heavy atom. The van der Waals surface area contributed by atoms with Gasteiger partial charge in [0.25, 0.3) is 0 Å². The van der Waals surface area contributed by atoms with Crippen LogP contribution in [0, 0.1) is 11.8 Å². The molecule has 1 heterocycles. The van der Waals surface area contributed by atoms with Gasteiger partial charge in [-0.15, -0.1) is 23.2 Å². The van der Waals surface area contributed by atoms with Gasteiger partial charge in [-0.2, -0.15) is 0 Å². The van der Waals surface area contributed by atoms with Crippen molar-refractivity contribution in [3.63, 3.8) is 0 Å². The first-order valence-corrected chi connectivity index (χ1v) is 7.40. The van der Waals surface area contributed by atoms with Gasteiger partial charge < -0.3 is 9.47 Å². The molecule has 0 radical (unpaired) electrons. The molecule has 4 atom stereocenters. The Bertz CT molecular complexity index is 496.